The van der Waals surface area contributed by atoms with Gasteiger partial charge in [0.2, 0.25) is 0 Å². The van der Waals surface area contributed by atoms with Gasteiger partial charge in [0.1, 0.15) is 5.82 Å². The fourth-order valence-corrected chi connectivity index (χ4v) is 2.17. The van der Waals surface area contributed by atoms with Gasteiger partial charge < -0.3 is 10.3 Å². The van der Waals surface area contributed by atoms with Crippen LogP contribution in [0.15, 0.2) is 24.5 Å². The molecule has 1 aromatic heterocycles. The van der Waals surface area contributed by atoms with Crippen molar-refractivity contribution in [3.8, 4) is 0 Å². The Kier molecular flexibility index (Phi) is 3.29. The predicted molar refractivity (Wildman–Crippen MR) is 70.1 cm³/mol. The topological polar surface area (TPSA) is 40.7 Å². The van der Waals surface area contributed by atoms with Gasteiger partial charge in [0.15, 0.2) is 0 Å². The van der Waals surface area contributed by atoms with E-state index in [1.54, 1.807) is 6.20 Å². The van der Waals surface area contributed by atoms with E-state index in [2.05, 4.69) is 48.2 Å². The molecule has 2 N–H and O–H groups in total. The lowest BCUT2D eigenvalue weighted by Crippen LogP contribution is -2.20. The van der Waals surface area contributed by atoms with Crippen LogP contribution >= 0.6 is 0 Å². The minimum absolute atomic E-state index is 0.129. The highest BCUT2D eigenvalue weighted by atomic mass is 15.0. The number of nitrogens with zero attached hydrogens (tertiary/aromatic N) is 1. The van der Waals surface area contributed by atoms with Crippen molar-refractivity contribution < 1.29 is 0 Å². The number of imidazole rings is 1. The first-order chi connectivity index (χ1) is 8.13. The van der Waals surface area contributed by atoms with Gasteiger partial charge in [-0.05, 0) is 50.1 Å². The summed E-state index contributed by atoms with van der Waals surface area (Å²) in [5.74, 6) is 0.957. The van der Waals surface area contributed by atoms with Crippen LogP contribution in [0.2, 0.25) is 0 Å². The number of hydrogen-bond acceptors (Lipinski definition) is 2. The van der Waals surface area contributed by atoms with Crippen molar-refractivity contribution in [2.45, 2.75) is 26.8 Å². The molecule has 0 fully saturated rings. The average Bonchev–Trinajstić information content (AvgIpc) is 2.80. The van der Waals surface area contributed by atoms with Gasteiger partial charge in [-0.1, -0.05) is 12.1 Å². The molecule has 1 heterocycles. The molecule has 0 aliphatic carbocycles. The predicted octanol–water partition coefficient (Wildman–Crippen LogP) is 2.64. The fourth-order valence-electron chi connectivity index (χ4n) is 2.17. The Hall–Kier alpha value is -1.61. The summed E-state index contributed by atoms with van der Waals surface area (Å²) in [6.45, 7) is 6.44. The fraction of sp³-hybridized carbons (Fsp3) is 0.357. The molecular formula is C14H19N3. The molecule has 3 nitrogen and oxygen atoms in total. The van der Waals surface area contributed by atoms with E-state index < -0.39 is 0 Å². The van der Waals surface area contributed by atoms with Crippen LogP contribution in [-0.2, 0) is 0 Å². The number of aryl methyl sites for hydroxylation is 3. The third kappa shape index (κ3) is 2.24. The summed E-state index contributed by atoms with van der Waals surface area (Å²) in [4.78, 5) is 7.51. The van der Waals surface area contributed by atoms with E-state index in [0.29, 0.717) is 0 Å². The van der Waals surface area contributed by atoms with Crippen molar-refractivity contribution in [1.82, 2.24) is 15.3 Å². The van der Waals surface area contributed by atoms with Crippen molar-refractivity contribution in [1.29, 1.82) is 0 Å². The van der Waals surface area contributed by atoms with Crippen LogP contribution in [0, 0.1) is 20.8 Å². The molecule has 1 atom stereocenters. The van der Waals surface area contributed by atoms with Crippen LogP contribution < -0.4 is 5.32 Å². The van der Waals surface area contributed by atoms with Crippen molar-refractivity contribution in [2.24, 2.45) is 0 Å². The Balaban J connectivity index is 2.48. The number of H-pyrrole nitrogens is 1. The SMILES string of the molecule is CNC(c1ncc[nH]1)c1cc(C)c(C)cc1C. The zero-order valence-corrected chi connectivity index (χ0v) is 10.8. The number of nitrogens with one attached hydrogen (secondary N) is 2. The van der Waals surface area contributed by atoms with Crippen molar-refractivity contribution in [3.63, 3.8) is 0 Å². The summed E-state index contributed by atoms with van der Waals surface area (Å²) >= 11 is 0. The molecule has 0 amide bonds. The van der Waals surface area contributed by atoms with E-state index in [4.69, 9.17) is 0 Å². The Morgan fingerprint density at radius 1 is 1.12 bits per heavy atom. The van der Waals surface area contributed by atoms with Crippen LogP contribution in [0.5, 0.6) is 0 Å². The Labute approximate surface area is 102 Å². The molecule has 3 heteroatoms. The Morgan fingerprint density at radius 3 is 2.41 bits per heavy atom. The highest BCUT2D eigenvalue weighted by molar-refractivity contribution is 5.40. The van der Waals surface area contributed by atoms with Gasteiger partial charge in [-0.25, -0.2) is 4.98 Å². The standard InChI is InChI=1S/C14H19N3/c1-9-7-11(3)12(8-10(9)2)13(15-4)14-16-5-6-17-14/h5-8,13,15H,1-4H3,(H,16,17). The number of hydrogen-bond donors (Lipinski definition) is 2. The third-order valence-corrected chi connectivity index (χ3v) is 3.27. The lowest BCUT2D eigenvalue weighted by atomic mass is 9.95. The summed E-state index contributed by atoms with van der Waals surface area (Å²) in [6.07, 6.45) is 3.64. The summed E-state index contributed by atoms with van der Waals surface area (Å²) in [6, 6.07) is 4.61. The van der Waals surface area contributed by atoms with E-state index >= 15 is 0 Å². The van der Waals surface area contributed by atoms with E-state index in [1.807, 2.05) is 13.2 Å². The smallest absolute Gasteiger partial charge is 0.127 e. The highest BCUT2D eigenvalue weighted by Crippen LogP contribution is 2.24. The molecule has 2 rings (SSSR count). The first kappa shape index (κ1) is 11.9. The van der Waals surface area contributed by atoms with Gasteiger partial charge >= 0.3 is 0 Å². The van der Waals surface area contributed by atoms with Crippen LogP contribution in [0.4, 0.5) is 0 Å². The van der Waals surface area contributed by atoms with E-state index in [0.717, 1.165) is 5.82 Å². The third-order valence-electron chi connectivity index (χ3n) is 3.27. The van der Waals surface area contributed by atoms with Gasteiger partial charge in [-0.2, -0.15) is 0 Å². The highest BCUT2D eigenvalue weighted by Gasteiger charge is 2.16. The molecule has 0 saturated carbocycles. The second kappa shape index (κ2) is 4.72. The van der Waals surface area contributed by atoms with Crippen molar-refractivity contribution in [2.75, 3.05) is 7.05 Å². The monoisotopic (exact) mass is 229 g/mol. The second-order valence-corrected chi connectivity index (χ2v) is 4.49. The molecular weight excluding hydrogens is 210 g/mol. The van der Waals surface area contributed by atoms with E-state index in [-0.39, 0.29) is 6.04 Å². The summed E-state index contributed by atoms with van der Waals surface area (Å²) < 4.78 is 0. The molecule has 0 aliphatic heterocycles. The molecule has 0 radical (unpaired) electrons. The zero-order chi connectivity index (χ0) is 12.4. The molecule has 0 aliphatic rings. The van der Waals surface area contributed by atoms with Gasteiger partial charge in [0, 0.05) is 12.4 Å². The summed E-state index contributed by atoms with van der Waals surface area (Å²) in [7, 11) is 1.96. The molecule has 2 aromatic rings. The number of aromatic nitrogens is 2. The quantitative estimate of drug-likeness (QED) is 0.849. The normalized spacial score (nSPS) is 12.7. The Bertz CT molecular complexity index is 500. The van der Waals surface area contributed by atoms with Crippen LogP contribution in [0.25, 0.3) is 0 Å². The number of rotatable bonds is 3. The van der Waals surface area contributed by atoms with Gasteiger partial charge in [0.25, 0.3) is 0 Å². The minimum atomic E-state index is 0.129. The summed E-state index contributed by atoms with van der Waals surface area (Å²) in [5, 5.41) is 3.31. The lowest BCUT2D eigenvalue weighted by Gasteiger charge is -2.18. The second-order valence-electron chi connectivity index (χ2n) is 4.49. The van der Waals surface area contributed by atoms with Crippen molar-refractivity contribution in [3.05, 3.63) is 52.6 Å². The molecule has 90 valence electrons. The maximum Gasteiger partial charge on any atom is 0.127 e. The van der Waals surface area contributed by atoms with Gasteiger partial charge in [-0.3, -0.25) is 0 Å². The zero-order valence-electron chi connectivity index (χ0n) is 10.8. The first-order valence-corrected chi connectivity index (χ1v) is 5.87. The molecule has 0 spiro atoms. The van der Waals surface area contributed by atoms with E-state index in [1.165, 1.54) is 22.3 Å². The average molecular weight is 229 g/mol. The lowest BCUT2D eigenvalue weighted by molar-refractivity contribution is 0.650. The molecule has 17 heavy (non-hydrogen) atoms. The molecule has 0 bridgehead atoms. The Morgan fingerprint density at radius 2 is 1.82 bits per heavy atom. The van der Waals surface area contributed by atoms with Gasteiger partial charge in [0.05, 0.1) is 6.04 Å². The largest absolute Gasteiger partial charge is 0.347 e. The van der Waals surface area contributed by atoms with Crippen molar-refractivity contribution >= 4 is 0 Å². The van der Waals surface area contributed by atoms with Crippen LogP contribution in [0.3, 0.4) is 0 Å². The maximum absolute atomic E-state index is 4.34. The summed E-state index contributed by atoms with van der Waals surface area (Å²) in [5.41, 5.74) is 5.23. The van der Waals surface area contributed by atoms with E-state index in [9.17, 15) is 0 Å². The molecule has 0 saturated heterocycles. The number of benzene rings is 1. The number of aromatic amines is 1. The van der Waals surface area contributed by atoms with Gasteiger partial charge in [-0.15, -0.1) is 0 Å². The minimum Gasteiger partial charge on any atom is -0.347 e. The van der Waals surface area contributed by atoms with Crippen LogP contribution in [-0.4, -0.2) is 17.0 Å². The molecule has 1 unspecified atom stereocenters. The first-order valence-electron chi connectivity index (χ1n) is 5.87. The van der Waals surface area contributed by atoms with Crippen LogP contribution in [0.1, 0.15) is 34.1 Å². The molecule has 1 aromatic carbocycles. The maximum atomic E-state index is 4.34.